The Hall–Kier alpha value is -2.17. The number of nitroso groups, excluding NO2 is 1. The summed E-state index contributed by atoms with van der Waals surface area (Å²) in [5.74, 6) is -0.774. The van der Waals surface area contributed by atoms with E-state index in [2.05, 4.69) is 15.4 Å². The molecule has 5 nitrogen and oxygen atoms in total. The third-order valence-corrected chi connectivity index (χ3v) is 1.88. The first-order chi connectivity index (χ1) is 6.81. The highest BCUT2D eigenvalue weighted by atomic mass is 16.3. The zero-order valence-corrected chi connectivity index (χ0v) is 7.04. The van der Waals surface area contributed by atoms with E-state index in [0.717, 1.165) is 10.8 Å². The molecule has 14 heavy (non-hydrogen) atoms. The van der Waals surface area contributed by atoms with Crippen molar-refractivity contribution in [1.82, 2.24) is 10.2 Å². The van der Waals surface area contributed by atoms with Crippen molar-refractivity contribution in [2.75, 3.05) is 0 Å². The Balaban J connectivity index is 2.62. The van der Waals surface area contributed by atoms with Crippen molar-refractivity contribution in [3.05, 3.63) is 41.1 Å². The molecule has 2 aromatic rings. The first kappa shape index (κ1) is 8.43. The molecule has 0 fully saturated rings. The summed E-state index contributed by atoms with van der Waals surface area (Å²) >= 11 is 0. The second-order valence-corrected chi connectivity index (χ2v) is 2.73. The first-order valence-corrected chi connectivity index (χ1v) is 3.89. The molecule has 1 aromatic heterocycles. The molecule has 1 heterocycles. The van der Waals surface area contributed by atoms with Gasteiger partial charge in [-0.1, -0.05) is 6.07 Å². The number of nitrogens with zero attached hydrogens (tertiary/aromatic N) is 3. The zero-order chi connectivity index (χ0) is 9.97. The maximum atomic E-state index is 10.9. The number of rotatable bonds is 1. The molecule has 0 atom stereocenters. The van der Waals surface area contributed by atoms with Crippen LogP contribution in [0.25, 0.3) is 10.8 Å². The van der Waals surface area contributed by atoms with E-state index in [4.69, 9.17) is 0 Å². The van der Waals surface area contributed by atoms with Gasteiger partial charge in [0.1, 0.15) is 0 Å². The van der Waals surface area contributed by atoms with Gasteiger partial charge in [-0.15, -0.1) is 4.91 Å². The largest absolute Gasteiger partial charge is 0.316 e. The van der Waals surface area contributed by atoms with Crippen LogP contribution in [0.3, 0.4) is 0 Å². The van der Waals surface area contributed by atoms with Crippen molar-refractivity contribution >= 4 is 16.7 Å². The lowest BCUT2D eigenvalue weighted by molar-refractivity contribution is 0.100. The van der Waals surface area contributed by atoms with Crippen molar-refractivity contribution in [1.29, 1.82) is 0 Å². The minimum atomic E-state index is -0.774. The van der Waals surface area contributed by atoms with Crippen molar-refractivity contribution in [3.8, 4) is 0 Å². The predicted octanol–water partition coefficient (Wildman–Crippen LogP) is 1.54. The number of amides is 1. The molecule has 2 rings (SSSR count). The number of hydrogen-bond donors (Lipinski definition) is 0. The quantitative estimate of drug-likeness (QED) is 0.634. The van der Waals surface area contributed by atoms with Gasteiger partial charge in [-0.3, -0.25) is 4.79 Å². The summed E-state index contributed by atoms with van der Waals surface area (Å²) in [4.78, 5) is 21.0. The summed E-state index contributed by atoms with van der Waals surface area (Å²) in [6, 6.07) is 4.80. The third kappa shape index (κ3) is 1.35. The topological polar surface area (TPSA) is 72.3 Å². The van der Waals surface area contributed by atoms with Crippen molar-refractivity contribution in [3.63, 3.8) is 0 Å². The van der Waals surface area contributed by atoms with Gasteiger partial charge in [0.2, 0.25) is 0 Å². The standard InChI is InChI=1S/C9H5N3O2/c13-9(12-14)6-1-2-7-4-10-11-5-8(7)3-6/h1-5H. The molecule has 5 heteroatoms. The molecule has 0 aliphatic heterocycles. The molecule has 0 saturated carbocycles. The van der Waals surface area contributed by atoms with Crippen LogP contribution < -0.4 is 0 Å². The Morgan fingerprint density at radius 1 is 1.14 bits per heavy atom. The molecule has 68 valence electrons. The van der Waals surface area contributed by atoms with Crippen molar-refractivity contribution in [2.45, 2.75) is 0 Å². The maximum Gasteiger partial charge on any atom is 0.316 e. The lowest BCUT2D eigenvalue weighted by Gasteiger charge is -1.96. The van der Waals surface area contributed by atoms with Crippen LogP contribution in [0.1, 0.15) is 10.4 Å². The fourth-order valence-electron chi connectivity index (χ4n) is 1.18. The fraction of sp³-hybridized carbons (Fsp3) is 0. The smallest absolute Gasteiger partial charge is 0.263 e. The van der Waals surface area contributed by atoms with Crippen LogP contribution in [-0.2, 0) is 0 Å². The molecule has 1 aromatic carbocycles. The summed E-state index contributed by atoms with van der Waals surface area (Å²) in [6.07, 6.45) is 3.11. The molecular weight excluding hydrogens is 182 g/mol. The molecule has 0 N–H and O–H groups in total. The van der Waals surface area contributed by atoms with Gasteiger partial charge in [-0.2, -0.15) is 10.2 Å². The van der Waals surface area contributed by atoms with E-state index in [9.17, 15) is 9.70 Å². The summed E-state index contributed by atoms with van der Waals surface area (Å²) in [7, 11) is 0. The minimum absolute atomic E-state index is 0.264. The van der Waals surface area contributed by atoms with Gasteiger partial charge >= 0.3 is 5.91 Å². The normalized spacial score (nSPS) is 10.0. The molecule has 1 amide bonds. The first-order valence-electron chi connectivity index (χ1n) is 3.89. The molecule has 0 bridgehead atoms. The minimum Gasteiger partial charge on any atom is -0.263 e. The molecular formula is C9H5N3O2. The Morgan fingerprint density at radius 2 is 1.86 bits per heavy atom. The molecule has 0 unspecified atom stereocenters. The SMILES string of the molecule is O=NC(=O)c1ccc2cnncc2c1. The van der Waals surface area contributed by atoms with E-state index >= 15 is 0 Å². The van der Waals surface area contributed by atoms with Gasteiger partial charge in [0, 0.05) is 21.5 Å². The van der Waals surface area contributed by atoms with Crippen LogP contribution in [0.4, 0.5) is 0 Å². The number of benzene rings is 1. The van der Waals surface area contributed by atoms with E-state index in [-0.39, 0.29) is 5.56 Å². The highest BCUT2D eigenvalue weighted by molar-refractivity contribution is 5.98. The number of hydrogen-bond acceptors (Lipinski definition) is 4. The average molecular weight is 187 g/mol. The summed E-state index contributed by atoms with van der Waals surface area (Å²) in [5, 5.41) is 11.3. The number of carbonyl (C=O) groups excluding carboxylic acids is 1. The van der Waals surface area contributed by atoms with Gasteiger partial charge in [-0.05, 0) is 12.1 Å². The van der Waals surface area contributed by atoms with E-state index in [1.165, 1.54) is 12.3 Å². The van der Waals surface area contributed by atoms with Gasteiger partial charge in [0.15, 0.2) is 0 Å². The number of carbonyl (C=O) groups is 1. The molecule has 0 aliphatic rings. The highest BCUT2D eigenvalue weighted by Crippen LogP contribution is 2.13. The Kier molecular flexibility index (Phi) is 1.98. The Labute approximate surface area is 78.7 Å². The van der Waals surface area contributed by atoms with Gasteiger partial charge in [0.25, 0.3) is 0 Å². The van der Waals surface area contributed by atoms with Crippen LogP contribution >= 0.6 is 0 Å². The predicted molar refractivity (Wildman–Crippen MR) is 49.7 cm³/mol. The van der Waals surface area contributed by atoms with Crippen LogP contribution in [-0.4, -0.2) is 16.1 Å². The molecule has 0 radical (unpaired) electrons. The van der Waals surface area contributed by atoms with E-state index in [1.54, 1.807) is 18.3 Å². The van der Waals surface area contributed by atoms with Crippen molar-refractivity contribution < 1.29 is 4.79 Å². The number of aromatic nitrogens is 2. The molecule has 0 aliphatic carbocycles. The Morgan fingerprint density at radius 3 is 2.57 bits per heavy atom. The zero-order valence-electron chi connectivity index (χ0n) is 7.04. The van der Waals surface area contributed by atoms with Crippen LogP contribution in [0.2, 0.25) is 0 Å². The fourth-order valence-corrected chi connectivity index (χ4v) is 1.18. The van der Waals surface area contributed by atoms with Crippen LogP contribution in [0, 0.1) is 4.91 Å². The van der Waals surface area contributed by atoms with Gasteiger partial charge in [0.05, 0.1) is 12.4 Å². The summed E-state index contributed by atoms with van der Waals surface area (Å²) in [6.45, 7) is 0. The van der Waals surface area contributed by atoms with Gasteiger partial charge < -0.3 is 0 Å². The van der Waals surface area contributed by atoms with E-state index < -0.39 is 5.91 Å². The van der Waals surface area contributed by atoms with Gasteiger partial charge in [-0.25, -0.2) is 0 Å². The molecule has 0 spiro atoms. The Bertz CT molecular complexity index is 510. The highest BCUT2D eigenvalue weighted by Gasteiger charge is 2.05. The molecule has 0 saturated heterocycles. The van der Waals surface area contributed by atoms with E-state index in [1.807, 2.05) is 0 Å². The lowest BCUT2D eigenvalue weighted by atomic mass is 10.1. The van der Waals surface area contributed by atoms with Crippen LogP contribution in [0.15, 0.2) is 35.8 Å². The summed E-state index contributed by atoms with van der Waals surface area (Å²) < 4.78 is 0. The second-order valence-electron chi connectivity index (χ2n) is 2.73. The summed E-state index contributed by atoms with van der Waals surface area (Å²) in [5.41, 5.74) is 0.264. The van der Waals surface area contributed by atoms with Crippen molar-refractivity contribution in [2.24, 2.45) is 5.18 Å². The monoisotopic (exact) mass is 187 g/mol. The average Bonchev–Trinajstić information content (AvgIpc) is 2.27. The van der Waals surface area contributed by atoms with E-state index in [0.29, 0.717) is 0 Å². The lowest BCUT2D eigenvalue weighted by Crippen LogP contribution is -1.93. The number of fused-ring (bicyclic) bond motifs is 1. The van der Waals surface area contributed by atoms with Crippen LogP contribution in [0.5, 0.6) is 0 Å². The maximum absolute atomic E-state index is 10.9. The third-order valence-electron chi connectivity index (χ3n) is 1.88. The second kappa shape index (κ2) is 3.29.